The molecule has 1 atom stereocenters. The van der Waals surface area contributed by atoms with Gasteiger partial charge in [0.25, 0.3) is 0 Å². The van der Waals surface area contributed by atoms with Crippen LogP contribution >= 0.6 is 0 Å². The second-order valence-corrected chi connectivity index (χ2v) is 6.61. The first-order chi connectivity index (χ1) is 10.2. The lowest BCUT2D eigenvalue weighted by atomic mass is 9.73. The van der Waals surface area contributed by atoms with Crippen LogP contribution in [0.25, 0.3) is 0 Å². The lowest BCUT2D eigenvalue weighted by molar-refractivity contribution is 0.189. The predicted molar refractivity (Wildman–Crippen MR) is 87.5 cm³/mol. The molecule has 1 saturated carbocycles. The minimum Gasteiger partial charge on any atom is -0.495 e. The molecule has 1 unspecified atom stereocenters. The van der Waals surface area contributed by atoms with E-state index in [1.807, 2.05) is 6.20 Å². The lowest BCUT2D eigenvalue weighted by Crippen LogP contribution is -2.32. The molecule has 1 fully saturated rings. The third-order valence-electron chi connectivity index (χ3n) is 4.98. The zero-order valence-electron chi connectivity index (χ0n) is 13.9. The van der Waals surface area contributed by atoms with Crippen LogP contribution in [0.4, 0.5) is 0 Å². The Hall–Kier alpha value is -1.09. The number of nitrogens with one attached hydrogen (secondary N) is 1. The SMILES string of the molecule is CCNC(c1cncc(OC)c1)C1CCC(C(C)C)CC1. The fraction of sp³-hybridized carbons (Fsp3) is 0.722. The molecular formula is C18H30N2O. The summed E-state index contributed by atoms with van der Waals surface area (Å²) >= 11 is 0. The molecule has 1 aromatic rings. The summed E-state index contributed by atoms with van der Waals surface area (Å²) in [5.41, 5.74) is 1.27. The maximum absolute atomic E-state index is 5.33. The Bertz CT molecular complexity index is 425. The van der Waals surface area contributed by atoms with Crippen LogP contribution < -0.4 is 10.1 Å². The zero-order valence-corrected chi connectivity index (χ0v) is 13.9. The van der Waals surface area contributed by atoms with Crippen molar-refractivity contribution in [3.8, 4) is 5.75 Å². The summed E-state index contributed by atoms with van der Waals surface area (Å²) in [6.45, 7) is 7.89. The molecule has 0 amide bonds. The van der Waals surface area contributed by atoms with Crippen molar-refractivity contribution in [2.24, 2.45) is 17.8 Å². The van der Waals surface area contributed by atoms with Gasteiger partial charge in [0.1, 0.15) is 5.75 Å². The number of nitrogens with zero attached hydrogens (tertiary/aromatic N) is 1. The van der Waals surface area contributed by atoms with Crippen LogP contribution in [0.15, 0.2) is 18.5 Å². The maximum atomic E-state index is 5.33. The first kappa shape index (κ1) is 16.3. The summed E-state index contributed by atoms with van der Waals surface area (Å²) in [6.07, 6.45) is 9.13. The average Bonchev–Trinajstić information content (AvgIpc) is 2.52. The third kappa shape index (κ3) is 4.19. The molecule has 1 aliphatic rings. The van der Waals surface area contributed by atoms with Crippen LogP contribution in [0.2, 0.25) is 0 Å². The van der Waals surface area contributed by atoms with E-state index in [4.69, 9.17) is 4.74 Å². The Balaban J connectivity index is 2.08. The van der Waals surface area contributed by atoms with Gasteiger partial charge in [0.2, 0.25) is 0 Å². The van der Waals surface area contributed by atoms with E-state index in [1.165, 1.54) is 31.2 Å². The van der Waals surface area contributed by atoms with E-state index in [9.17, 15) is 0 Å². The topological polar surface area (TPSA) is 34.2 Å². The van der Waals surface area contributed by atoms with Crippen LogP contribution in [0.3, 0.4) is 0 Å². The molecule has 3 nitrogen and oxygen atoms in total. The molecule has 2 rings (SSSR count). The highest BCUT2D eigenvalue weighted by Gasteiger charge is 2.29. The Morgan fingerprint density at radius 2 is 1.86 bits per heavy atom. The normalized spacial score (nSPS) is 24.0. The molecule has 3 heteroatoms. The van der Waals surface area contributed by atoms with Gasteiger partial charge in [-0.05, 0) is 61.6 Å². The summed E-state index contributed by atoms with van der Waals surface area (Å²) in [4.78, 5) is 4.33. The van der Waals surface area contributed by atoms with Crippen LogP contribution in [0.5, 0.6) is 5.75 Å². The van der Waals surface area contributed by atoms with Crippen LogP contribution in [-0.4, -0.2) is 18.6 Å². The van der Waals surface area contributed by atoms with E-state index in [0.717, 1.165) is 24.1 Å². The van der Waals surface area contributed by atoms with Gasteiger partial charge in [0.05, 0.1) is 13.3 Å². The molecule has 21 heavy (non-hydrogen) atoms. The molecule has 0 saturated heterocycles. The van der Waals surface area contributed by atoms with E-state index in [2.05, 4.69) is 37.1 Å². The van der Waals surface area contributed by atoms with Crippen molar-refractivity contribution >= 4 is 0 Å². The summed E-state index contributed by atoms with van der Waals surface area (Å²) in [7, 11) is 1.71. The van der Waals surface area contributed by atoms with Crippen molar-refractivity contribution in [1.29, 1.82) is 0 Å². The number of pyridine rings is 1. The Labute approximate surface area is 129 Å². The number of methoxy groups -OCH3 is 1. The zero-order chi connectivity index (χ0) is 15.2. The molecule has 0 spiro atoms. The Kier molecular flexibility index (Phi) is 6.04. The van der Waals surface area contributed by atoms with Crippen molar-refractivity contribution < 1.29 is 4.74 Å². The molecule has 0 aliphatic heterocycles. The van der Waals surface area contributed by atoms with Crippen molar-refractivity contribution in [2.75, 3.05) is 13.7 Å². The van der Waals surface area contributed by atoms with Gasteiger partial charge in [-0.3, -0.25) is 4.98 Å². The van der Waals surface area contributed by atoms with Gasteiger partial charge < -0.3 is 10.1 Å². The molecule has 0 bridgehead atoms. The maximum Gasteiger partial charge on any atom is 0.137 e. The summed E-state index contributed by atoms with van der Waals surface area (Å²) in [5, 5.41) is 3.67. The van der Waals surface area contributed by atoms with Gasteiger partial charge in [-0.2, -0.15) is 0 Å². The standard InChI is InChI=1S/C18H30N2O/c1-5-20-18(16-10-17(21-4)12-19-11-16)15-8-6-14(7-9-15)13(2)3/h10-15,18,20H,5-9H2,1-4H3. The molecule has 1 aromatic heterocycles. The monoisotopic (exact) mass is 290 g/mol. The van der Waals surface area contributed by atoms with Crippen molar-refractivity contribution in [3.05, 3.63) is 24.0 Å². The van der Waals surface area contributed by atoms with Gasteiger partial charge in [-0.1, -0.05) is 20.8 Å². The average molecular weight is 290 g/mol. The number of hydrogen-bond acceptors (Lipinski definition) is 3. The van der Waals surface area contributed by atoms with Crippen molar-refractivity contribution in [2.45, 2.75) is 52.5 Å². The molecular weight excluding hydrogens is 260 g/mol. The Morgan fingerprint density at radius 3 is 2.43 bits per heavy atom. The van der Waals surface area contributed by atoms with Gasteiger partial charge >= 0.3 is 0 Å². The fourth-order valence-electron chi connectivity index (χ4n) is 3.64. The van der Waals surface area contributed by atoms with Gasteiger partial charge in [0.15, 0.2) is 0 Å². The van der Waals surface area contributed by atoms with Crippen LogP contribution in [-0.2, 0) is 0 Å². The highest BCUT2D eigenvalue weighted by atomic mass is 16.5. The summed E-state index contributed by atoms with van der Waals surface area (Å²) in [6, 6.07) is 2.54. The summed E-state index contributed by atoms with van der Waals surface area (Å²) < 4.78 is 5.33. The predicted octanol–water partition coefficient (Wildman–Crippen LogP) is 4.20. The number of aromatic nitrogens is 1. The highest BCUT2D eigenvalue weighted by Crippen LogP contribution is 2.39. The second kappa shape index (κ2) is 7.79. The van der Waals surface area contributed by atoms with E-state index >= 15 is 0 Å². The van der Waals surface area contributed by atoms with E-state index in [0.29, 0.717) is 12.0 Å². The quantitative estimate of drug-likeness (QED) is 0.852. The molecule has 1 aliphatic carbocycles. The molecule has 0 aromatic carbocycles. The minimum atomic E-state index is 0.408. The smallest absolute Gasteiger partial charge is 0.137 e. The van der Waals surface area contributed by atoms with Gasteiger partial charge in [0, 0.05) is 12.2 Å². The third-order valence-corrected chi connectivity index (χ3v) is 4.98. The van der Waals surface area contributed by atoms with Crippen LogP contribution in [0.1, 0.15) is 58.1 Å². The fourth-order valence-corrected chi connectivity index (χ4v) is 3.64. The highest BCUT2D eigenvalue weighted by molar-refractivity contribution is 5.26. The molecule has 118 valence electrons. The number of hydrogen-bond donors (Lipinski definition) is 1. The van der Waals surface area contributed by atoms with Gasteiger partial charge in [-0.25, -0.2) is 0 Å². The molecule has 1 N–H and O–H groups in total. The second-order valence-electron chi connectivity index (χ2n) is 6.61. The first-order valence-corrected chi connectivity index (χ1v) is 8.38. The largest absolute Gasteiger partial charge is 0.495 e. The van der Waals surface area contributed by atoms with Crippen LogP contribution in [0, 0.1) is 17.8 Å². The van der Waals surface area contributed by atoms with E-state index < -0.39 is 0 Å². The number of ether oxygens (including phenoxy) is 1. The minimum absolute atomic E-state index is 0.408. The van der Waals surface area contributed by atoms with Crippen molar-refractivity contribution in [3.63, 3.8) is 0 Å². The van der Waals surface area contributed by atoms with Gasteiger partial charge in [-0.15, -0.1) is 0 Å². The molecule has 0 radical (unpaired) electrons. The Morgan fingerprint density at radius 1 is 1.19 bits per heavy atom. The van der Waals surface area contributed by atoms with E-state index in [-0.39, 0.29) is 0 Å². The molecule has 1 heterocycles. The lowest BCUT2D eigenvalue weighted by Gasteiger charge is -2.36. The van der Waals surface area contributed by atoms with E-state index in [1.54, 1.807) is 13.3 Å². The number of rotatable bonds is 6. The van der Waals surface area contributed by atoms with Crippen molar-refractivity contribution in [1.82, 2.24) is 10.3 Å². The first-order valence-electron chi connectivity index (χ1n) is 8.38. The summed E-state index contributed by atoms with van der Waals surface area (Å²) in [5.74, 6) is 3.30.